The standard InChI is InChI=1S/C19H15F4N5O3.C5H11NO/c20-11-1-2-13(19(21,22)23)12(9-11)17(29)27-7-5-26(6-8-27)16-4-3-15-24-14(18(30)31)10-28(15)25-16;1-2-3-4-5(6)7/h1-4,9-10H,5-8H2,(H,30,31);2-4H2,1H3,(H2,6,7). The number of aromatic nitrogens is 3. The van der Waals surface area contributed by atoms with Crippen molar-refractivity contribution in [3.63, 3.8) is 0 Å². The molecule has 0 aliphatic carbocycles. The van der Waals surface area contributed by atoms with Gasteiger partial charge in [0.05, 0.1) is 17.3 Å². The second kappa shape index (κ2) is 11.9. The number of imidazole rings is 1. The minimum absolute atomic E-state index is 0.108. The van der Waals surface area contributed by atoms with E-state index in [-0.39, 0.29) is 37.8 Å². The first-order valence-corrected chi connectivity index (χ1v) is 11.7. The van der Waals surface area contributed by atoms with E-state index in [1.165, 1.54) is 15.6 Å². The number of hydrogen-bond donors (Lipinski definition) is 2. The number of hydrogen-bond acceptors (Lipinski definition) is 6. The van der Waals surface area contributed by atoms with Crippen molar-refractivity contribution < 1.29 is 37.1 Å². The van der Waals surface area contributed by atoms with Gasteiger partial charge in [0.15, 0.2) is 11.3 Å². The van der Waals surface area contributed by atoms with Gasteiger partial charge in [-0.15, -0.1) is 5.10 Å². The minimum Gasteiger partial charge on any atom is -0.476 e. The SMILES string of the molecule is CCCCC(N)=O.O=C(O)c1cn2nc(N3CCN(C(=O)c4cc(F)ccc4C(F)(F)F)CC3)ccc2n1. The average molecular weight is 539 g/mol. The van der Waals surface area contributed by atoms with Gasteiger partial charge in [0.2, 0.25) is 5.91 Å². The number of carboxylic acids is 1. The molecule has 4 rings (SSSR count). The van der Waals surface area contributed by atoms with E-state index in [1.807, 2.05) is 6.92 Å². The maximum absolute atomic E-state index is 13.5. The molecule has 0 atom stereocenters. The lowest BCUT2D eigenvalue weighted by Gasteiger charge is -2.35. The fraction of sp³-hybridized carbons (Fsp3) is 0.375. The van der Waals surface area contributed by atoms with Gasteiger partial charge in [0.25, 0.3) is 5.91 Å². The van der Waals surface area contributed by atoms with E-state index in [2.05, 4.69) is 10.1 Å². The van der Waals surface area contributed by atoms with E-state index in [4.69, 9.17) is 10.8 Å². The molecule has 1 aromatic carbocycles. The maximum Gasteiger partial charge on any atom is 0.417 e. The van der Waals surface area contributed by atoms with Gasteiger partial charge in [-0.2, -0.15) is 13.2 Å². The van der Waals surface area contributed by atoms with Crippen LogP contribution in [-0.4, -0.2) is 68.6 Å². The van der Waals surface area contributed by atoms with Crippen molar-refractivity contribution in [1.29, 1.82) is 0 Å². The predicted molar refractivity (Wildman–Crippen MR) is 128 cm³/mol. The van der Waals surface area contributed by atoms with Crippen LogP contribution in [0.3, 0.4) is 0 Å². The molecule has 1 saturated heterocycles. The highest BCUT2D eigenvalue weighted by Gasteiger charge is 2.37. The summed E-state index contributed by atoms with van der Waals surface area (Å²) in [6, 6.07) is 5.07. The number of nitrogens with two attached hydrogens (primary N) is 1. The molecule has 10 nitrogen and oxygen atoms in total. The molecule has 3 aromatic rings. The molecule has 3 heterocycles. The van der Waals surface area contributed by atoms with Crippen LogP contribution in [0.2, 0.25) is 0 Å². The van der Waals surface area contributed by atoms with Gasteiger partial charge in [-0.05, 0) is 36.8 Å². The summed E-state index contributed by atoms with van der Waals surface area (Å²) < 4.78 is 54.5. The summed E-state index contributed by atoms with van der Waals surface area (Å²) in [4.78, 5) is 40.6. The fourth-order valence-corrected chi connectivity index (χ4v) is 3.74. The number of piperazine rings is 1. The van der Waals surface area contributed by atoms with Crippen molar-refractivity contribution in [1.82, 2.24) is 19.5 Å². The van der Waals surface area contributed by atoms with Crippen LogP contribution in [0.5, 0.6) is 0 Å². The summed E-state index contributed by atoms with van der Waals surface area (Å²) in [5.41, 5.74) is 3.13. The van der Waals surface area contributed by atoms with E-state index in [9.17, 15) is 31.9 Å². The summed E-state index contributed by atoms with van der Waals surface area (Å²) in [5, 5.41) is 13.3. The van der Waals surface area contributed by atoms with E-state index >= 15 is 0 Å². The molecule has 0 saturated carbocycles. The van der Waals surface area contributed by atoms with Crippen LogP contribution in [0, 0.1) is 5.82 Å². The Morgan fingerprint density at radius 3 is 2.32 bits per heavy atom. The number of fused-ring (bicyclic) bond motifs is 1. The first-order chi connectivity index (χ1) is 17.9. The monoisotopic (exact) mass is 538 g/mol. The number of aromatic carboxylic acids is 1. The van der Waals surface area contributed by atoms with Crippen LogP contribution in [0.4, 0.5) is 23.4 Å². The highest BCUT2D eigenvalue weighted by Crippen LogP contribution is 2.33. The van der Waals surface area contributed by atoms with Crippen LogP contribution in [-0.2, 0) is 11.0 Å². The zero-order valence-electron chi connectivity index (χ0n) is 20.4. The third kappa shape index (κ3) is 6.95. The quantitative estimate of drug-likeness (QED) is 0.461. The van der Waals surface area contributed by atoms with E-state index in [1.54, 1.807) is 17.0 Å². The smallest absolute Gasteiger partial charge is 0.417 e. The molecule has 1 aliphatic rings. The number of nitrogens with zero attached hydrogens (tertiary/aromatic N) is 5. The molecular formula is C24H26F4N6O4. The van der Waals surface area contributed by atoms with Crippen LogP contribution in [0.25, 0.3) is 5.65 Å². The zero-order valence-corrected chi connectivity index (χ0v) is 20.4. The third-order valence-corrected chi connectivity index (χ3v) is 5.71. The molecule has 38 heavy (non-hydrogen) atoms. The van der Waals surface area contributed by atoms with Gasteiger partial charge in [-0.25, -0.2) is 18.7 Å². The largest absolute Gasteiger partial charge is 0.476 e. The number of anilines is 1. The molecule has 204 valence electrons. The number of carbonyl (C=O) groups excluding carboxylic acids is 2. The van der Waals surface area contributed by atoms with Crippen LogP contribution >= 0.6 is 0 Å². The molecule has 0 bridgehead atoms. The number of amides is 2. The Hall–Kier alpha value is -4.23. The summed E-state index contributed by atoms with van der Waals surface area (Å²) in [6.07, 6.45) is -1.00. The molecular weight excluding hydrogens is 512 g/mol. The lowest BCUT2D eigenvalue weighted by atomic mass is 10.0. The highest BCUT2D eigenvalue weighted by molar-refractivity contribution is 5.96. The first-order valence-electron chi connectivity index (χ1n) is 11.7. The predicted octanol–water partition coefficient (Wildman–Crippen LogP) is 3.21. The lowest BCUT2D eigenvalue weighted by Crippen LogP contribution is -2.49. The fourth-order valence-electron chi connectivity index (χ4n) is 3.74. The van der Waals surface area contributed by atoms with Crippen molar-refractivity contribution in [3.05, 3.63) is 59.2 Å². The van der Waals surface area contributed by atoms with Gasteiger partial charge >= 0.3 is 12.1 Å². The topological polar surface area (TPSA) is 134 Å². The molecule has 0 unspecified atom stereocenters. The Morgan fingerprint density at radius 1 is 1.08 bits per heavy atom. The average Bonchev–Trinajstić information content (AvgIpc) is 3.31. The van der Waals surface area contributed by atoms with Crippen LogP contribution in [0.15, 0.2) is 36.5 Å². The number of primary amides is 1. The Kier molecular flexibility index (Phi) is 8.86. The van der Waals surface area contributed by atoms with Gasteiger partial charge in [-0.3, -0.25) is 9.59 Å². The molecule has 14 heteroatoms. The number of carboxylic acid groups (broad SMARTS) is 1. The Labute approximate surface area is 214 Å². The highest BCUT2D eigenvalue weighted by atomic mass is 19.4. The molecule has 3 N–H and O–H groups in total. The number of alkyl halides is 3. The molecule has 2 aromatic heterocycles. The number of benzene rings is 1. The Balaban J connectivity index is 0.000000505. The van der Waals surface area contributed by atoms with Gasteiger partial charge in [0, 0.05) is 32.6 Å². The Bertz CT molecular complexity index is 1320. The van der Waals surface area contributed by atoms with Crippen LogP contribution in [0.1, 0.15) is 52.6 Å². The second-order valence-corrected chi connectivity index (χ2v) is 8.46. The lowest BCUT2D eigenvalue weighted by molar-refractivity contribution is -0.138. The number of rotatable bonds is 6. The molecule has 2 amide bonds. The summed E-state index contributed by atoms with van der Waals surface area (Å²) in [6.45, 7) is 2.80. The number of unbranched alkanes of at least 4 members (excludes halogenated alkanes) is 1. The Morgan fingerprint density at radius 2 is 1.76 bits per heavy atom. The number of halogens is 4. The van der Waals surface area contributed by atoms with Gasteiger partial charge in [0.1, 0.15) is 11.6 Å². The third-order valence-electron chi connectivity index (χ3n) is 5.71. The van der Waals surface area contributed by atoms with Crippen molar-refractivity contribution in [2.45, 2.75) is 32.4 Å². The zero-order chi connectivity index (χ0) is 28.0. The summed E-state index contributed by atoms with van der Waals surface area (Å²) in [7, 11) is 0. The van der Waals surface area contributed by atoms with Crippen molar-refractivity contribution in [2.24, 2.45) is 5.73 Å². The molecule has 0 radical (unpaired) electrons. The molecule has 1 fully saturated rings. The van der Waals surface area contributed by atoms with Crippen molar-refractivity contribution in [3.8, 4) is 0 Å². The van der Waals surface area contributed by atoms with Crippen LogP contribution < -0.4 is 10.6 Å². The first kappa shape index (κ1) is 28.3. The van der Waals surface area contributed by atoms with Crippen molar-refractivity contribution in [2.75, 3.05) is 31.1 Å². The van der Waals surface area contributed by atoms with Crippen molar-refractivity contribution >= 4 is 29.2 Å². The summed E-state index contributed by atoms with van der Waals surface area (Å²) in [5.74, 6) is -2.70. The molecule has 1 aliphatic heterocycles. The number of carbonyl (C=O) groups is 3. The van der Waals surface area contributed by atoms with Gasteiger partial charge in [-0.1, -0.05) is 13.3 Å². The normalized spacial score (nSPS) is 13.7. The summed E-state index contributed by atoms with van der Waals surface area (Å²) >= 11 is 0. The maximum atomic E-state index is 13.5. The molecule has 0 spiro atoms. The second-order valence-electron chi connectivity index (χ2n) is 8.46. The van der Waals surface area contributed by atoms with E-state index in [0.717, 1.165) is 12.8 Å². The van der Waals surface area contributed by atoms with E-state index in [0.29, 0.717) is 36.1 Å². The minimum atomic E-state index is -4.78. The van der Waals surface area contributed by atoms with Gasteiger partial charge < -0.3 is 20.6 Å². The van der Waals surface area contributed by atoms with E-state index < -0.39 is 35.0 Å².